The first-order valence-electron chi connectivity index (χ1n) is 7.40. The minimum absolute atomic E-state index is 0.103. The number of anilines is 1. The van der Waals surface area contributed by atoms with Gasteiger partial charge in [0.1, 0.15) is 18.7 Å². The van der Waals surface area contributed by atoms with Crippen molar-refractivity contribution in [3.63, 3.8) is 0 Å². The molecule has 2 aromatic rings. The third-order valence-corrected chi connectivity index (χ3v) is 3.15. The Hall–Kier alpha value is -2.50. The molecule has 0 saturated heterocycles. The van der Waals surface area contributed by atoms with Crippen molar-refractivity contribution in [3.8, 4) is 0 Å². The second-order valence-corrected chi connectivity index (χ2v) is 6.23. The molecular weight excluding hydrogens is 296 g/mol. The maximum Gasteiger partial charge on any atom is 0.325 e. The fourth-order valence-corrected chi connectivity index (χ4v) is 2.20. The summed E-state index contributed by atoms with van der Waals surface area (Å²) in [4.78, 5) is 23.1. The molecule has 0 amide bonds. The van der Waals surface area contributed by atoms with Crippen LogP contribution < -0.4 is 5.32 Å². The zero-order chi connectivity index (χ0) is 17.0. The van der Waals surface area contributed by atoms with Gasteiger partial charge in [-0.05, 0) is 45.0 Å². The normalized spacial score (nSPS) is 11.3. The van der Waals surface area contributed by atoms with Crippen LogP contribution in [0, 0.1) is 0 Å². The Morgan fingerprint density at radius 1 is 1.17 bits per heavy atom. The van der Waals surface area contributed by atoms with Crippen LogP contribution in [0.15, 0.2) is 30.5 Å². The summed E-state index contributed by atoms with van der Waals surface area (Å²) in [6.07, 6.45) is 1.83. The number of carbonyl (C=O) groups is 2. The van der Waals surface area contributed by atoms with E-state index in [9.17, 15) is 9.59 Å². The molecule has 0 radical (unpaired) electrons. The SMILES string of the molecule is COC(=O)Cn1ccc2cc(NCC(=O)OC(C)(C)C)ccc21. The molecule has 0 unspecified atom stereocenters. The number of ether oxygens (including phenoxy) is 2. The van der Waals surface area contributed by atoms with Crippen molar-refractivity contribution in [1.82, 2.24) is 4.57 Å². The molecule has 124 valence electrons. The number of fused-ring (bicyclic) bond motifs is 1. The molecule has 0 fully saturated rings. The fraction of sp³-hybridized carbons (Fsp3) is 0.412. The minimum atomic E-state index is -0.492. The number of aromatic nitrogens is 1. The Bertz CT molecular complexity index is 713. The van der Waals surface area contributed by atoms with E-state index in [2.05, 4.69) is 10.1 Å². The standard InChI is InChI=1S/C17H22N2O4/c1-17(2,3)23-15(20)10-18-13-5-6-14-12(9-13)7-8-19(14)11-16(21)22-4/h5-9,18H,10-11H2,1-4H3. The number of hydrogen-bond acceptors (Lipinski definition) is 5. The van der Waals surface area contributed by atoms with Gasteiger partial charge >= 0.3 is 11.9 Å². The van der Waals surface area contributed by atoms with Gasteiger partial charge in [-0.1, -0.05) is 0 Å². The van der Waals surface area contributed by atoms with Crippen molar-refractivity contribution < 1.29 is 19.1 Å². The Kier molecular flexibility index (Phi) is 4.93. The van der Waals surface area contributed by atoms with Crippen LogP contribution in [0.3, 0.4) is 0 Å². The molecule has 2 rings (SSSR count). The van der Waals surface area contributed by atoms with Crippen LogP contribution in [0.1, 0.15) is 20.8 Å². The fourth-order valence-electron chi connectivity index (χ4n) is 2.20. The number of hydrogen-bond donors (Lipinski definition) is 1. The van der Waals surface area contributed by atoms with Crippen molar-refractivity contribution in [3.05, 3.63) is 30.5 Å². The highest BCUT2D eigenvalue weighted by atomic mass is 16.6. The average Bonchev–Trinajstić information content (AvgIpc) is 2.85. The molecule has 0 saturated carbocycles. The summed E-state index contributed by atoms with van der Waals surface area (Å²) in [5.41, 5.74) is 1.26. The van der Waals surface area contributed by atoms with Gasteiger partial charge in [0.2, 0.25) is 0 Å². The molecule has 1 aromatic heterocycles. The van der Waals surface area contributed by atoms with E-state index in [1.54, 1.807) is 0 Å². The van der Waals surface area contributed by atoms with Crippen molar-refractivity contribution >= 4 is 28.5 Å². The Morgan fingerprint density at radius 2 is 1.91 bits per heavy atom. The lowest BCUT2D eigenvalue weighted by molar-refractivity contribution is -0.152. The monoisotopic (exact) mass is 318 g/mol. The zero-order valence-electron chi connectivity index (χ0n) is 13.9. The first-order valence-corrected chi connectivity index (χ1v) is 7.40. The average molecular weight is 318 g/mol. The predicted octanol–water partition coefficient (Wildman–Crippen LogP) is 2.57. The molecule has 6 nitrogen and oxygen atoms in total. The number of carbonyl (C=O) groups excluding carboxylic acids is 2. The van der Waals surface area contributed by atoms with Gasteiger partial charge in [0.15, 0.2) is 0 Å². The first-order chi connectivity index (χ1) is 10.8. The number of methoxy groups -OCH3 is 1. The Labute approximate surface area is 135 Å². The van der Waals surface area contributed by atoms with Crippen LogP contribution in [0.4, 0.5) is 5.69 Å². The summed E-state index contributed by atoms with van der Waals surface area (Å²) in [5, 5.41) is 4.02. The van der Waals surface area contributed by atoms with Crippen LogP contribution in [0.5, 0.6) is 0 Å². The number of nitrogens with one attached hydrogen (secondary N) is 1. The molecule has 6 heteroatoms. The van der Waals surface area contributed by atoms with Crippen LogP contribution >= 0.6 is 0 Å². The Balaban J connectivity index is 2.04. The quantitative estimate of drug-likeness (QED) is 0.858. The highest BCUT2D eigenvalue weighted by Crippen LogP contribution is 2.20. The summed E-state index contributed by atoms with van der Waals surface area (Å²) in [5.74, 6) is -0.601. The van der Waals surface area contributed by atoms with Crippen molar-refractivity contribution in [2.75, 3.05) is 19.0 Å². The molecular formula is C17H22N2O4. The summed E-state index contributed by atoms with van der Waals surface area (Å²) in [6.45, 7) is 5.78. The summed E-state index contributed by atoms with van der Waals surface area (Å²) >= 11 is 0. The summed E-state index contributed by atoms with van der Waals surface area (Å²) < 4.78 is 11.7. The van der Waals surface area contributed by atoms with Gasteiger partial charge in [0, 0.05) is 22.8 Å². The number of benzene rings is 1. The lowest BCUT2D eigenvalue weighted by atomic mass is 10.2. The van der Waals surface area contributed by atoms with E-state index < -0.39 is 5.60 Å². The van der Waals surface area contributed by atoms with Gasteiger partial charge in [0.25, 0.3) is 0 Å². The number of nitrogens with zero attached hydrogens (tertiary/aromatic N) is 1. The van der Waals surface area contributed by atoms with E-state index in [1.165, 1.54) is 7.11 Å². The van der Waals surface area contributed by atoms with Crippen molar-refractivity contribution in [2.24, 2.45) is 0 Å². The molecule has 0 aliphatic carbocycles. The molecule has 1 heterocycles. The number of esters is 2. The third kappa shape index (κ3) is 4.74. The predicted molar refractivity (Wildman–Crippen MR) is 88.3 cm³/mol. The van der Waals surface area contributed by atoms with E-state index >= 15 is 0 Å². The molecule has 0 spiro atoms. The van der Waals surface area contributed by atoms with Gasteiger partial charge in [-0.25, -0.2) is 0 Å². The maximum atomic E-state index is 11.7. The lowest BCUT2D eigenvalue weighted by Gasteiger charge is -2.19. The topological polar surface area (TPSA) is 69.6 Å². The van der Waals surface area contributed by atoms with Gasteiger partial charge in [0.05, 0.1) is 7.11 Å². The van der Waals surface area contributed by atoms with Crippen LogP contribution in [0.25, 0.3) is 10.9 Å². The summed E-state index contributed by atoms with van der Waals surface area (Å²) in [6, 6.07) is 7.60. The van der Waals surface area contributed by atoms with Crippen LogP contribution in [0.2, 0.25) is 0 Å². The lowest BCUT2D eigenvalue weighted by Crippen LogP contribution is -2.28. The highest BCUT2D eigenvalue weighted by Gasteiger charge is 2.15. The summed E-state index contributed by atoms with van der Waals surface area (Å²) in [7, 11) is 1.37. The number of rotatable bonds is 5. The first kappa shape index (κ1) is 16.9. The van der Waals surface area contributed by atoms with E-state index in [0.29, 0.717) is 0 Å². The third-order valence-electron chi connectivity index (χ3n) is 3.15. The molecule has 1 N–H and O–H groups in total. The maximum absolute atomic E-state index is 11.7. The molecule has 23 heavy (non-hydrogen) atoms. The molecule has 0 bridgehead atoms. The van der Waals surface area contributed by atoms with Gasteiger partial charge in [-0.2, -0.15) is 0 Å². The molecule has 0 atom stereocenters. The van der Waals surface area contributed by atoms with E-state index in [-0.39, 0.29) is 25.0 Å². The minimum Gasteiger partial charge on any atom is -0.468 e. The van der Waals surface area contributed by atoms with E-state index in [0.717, 1.165) is 16.6 Å². The van der Waals surface area contributed by atoms with Crippen LogP contribution in [-0.2, 0) is 25.6 Å². The second-order valence-electron chi connectivity index (χ2n) is 6.23. The highest BCUT2D eigenvalue weighted by molar-refractivity contribution is 5.86. The van der Waals surface area contributed by atoms with Gasteiger partial charge in [-0.15, -0.1) is 0 Å². The molecule has 1 aromatic carbocycles. The molecule has 0 aliphatic rings. The largest absolute Gasteiger partial charge is 0.468 e. The zero-order valence-corrected chi connectivity index (χ0v) is 13.9. The van der Waals surface area contributed by atoms with E-state index in [4.69, 9.17) is 4.74 Å². The Morgan fingerprint density at radius 3 is 2.57 bits per heavy atom. The van der Waals surface area contributed by atoms with E-state index in [1.807, 2.05) is 55.8 Å². The smallest absolute Gasteiger partial charge is 0.325 e. The van der Waals surface area contributed by atoms with Crippen LogP contribution in [-0.4, -0.2) is 35.8 Å². The van der Waals surface area contributed by atoms with Gasteiger partial charge in [-0.3, -0.25) is 9.59 Å². The van der Waals surface area contributed by atoms with Gasteiger partial charge < -0.3 is 19.4 Å². The molecule has 0 aliphatic heterocycles. The van der Waals surface area contributed by atoms with Crippen molar-refractivity contribution in [1.29, 1.82) is 0 Å². The van der Waals surface area contributed by atoms with Crippen molar-refractivity contribution in [2.45, 2.75) is 32.9 Å². The second kappa shape index (κ2) is 6.73.